The first-order chi connectivity index (χ1) is 13.1. The van der Waals surface area contributed by atoms with Crippen LogP contribution < -0.4 is 15.4 Å². The van der Waals surface area contributed by atoms with Crippen LogP contribution in [0.1, 0.15) is 33.3 Å². The second kappa shape index (κ2) is 7.40. The van der Waals surface area contributed by atoms with E-state index >= 15 is 0 Å². The first-order valence-electron chi connectivity index (χ1n) is 8.61. The van der Waals surface area contributed by atoms with E-state index in [0.717, 1.165) is 27.0 Å². The fourth-order valence-corrected chi connectivity index (χ4v) is 3.48. The lowest BCUT2D eigenvalue weighted by Gasteiger charge is -2.30. The summed E-state index contributed by atoms with van der Waals surface area (Å²) < 4.78 is 6.92. The molecule has 1 aliphatic heterocycles. The largest absolute Gasteiger partial charge is 0.487 e. The van der Waals surface area contributed by atoms with Crippen LogP contribution in [-0.4, -0.2) is 10.9 Å². The van der Waals surface area contributed by atoms with E-state index in [0.29, 0.717) is 17.9 Å². The Balaban J connectivity index is 1.64. The molecule has 2 N–H and O–H groups in total. The van der Waals surface area contributed by atoms with Gasteiger partial charge in [0.05, 0.1) is 16.9 Å². The van der Waals surface area contributed by atoms with Gasteiger partial charge in [-0.2, -0.15) is 0 Å². The van der Waals surface area contributed by atoms with Crippen molar-refractivity contribution >= 4 is 27.5 Å². The van der Waals surface area contributed by atoms with Gasteiger partial charge < -0.3 is 15.4 Å². The number of hydrogen-bond acceptors (Lipinski definition) is 4. The normalized spacial score (nSPS) is 15.5. The average Bonchev–Trinajstić information content (AvgIpc) is 2.68. The molecule has 0 bridgehead atoms. The van der Waals surface area contributed by atoms with Crippen molar-refractivity contribution in [1.82, 2.24) is 10.3 Å². The number of aryl methyl sites for hydroxylation is 1. The van der Waals surface area contributed by atoms with Gasteiger partial charge in [-0.1, -0.05) is 34.1 Å². The molecule has 0 fully saturated rings. The molecule has 4 rings (SSSR count). The number of hydrogen-bond donors (Lipinski definition) is 2. The molecule has 136 valence electrons. The number of benzene rings is 2. The Bertz CT molecular complexity index is 992. The molecule has 1 aliphatic rings. The van der Waals surface area contributed by atoms with Gasteiger partial charge in [0.15, 0.2) is 0 Å². The number of halogens is 1. The predicted molar refractivity (Wildman–Crippen MR) is 108 cm³/mol. The van der Waals surface area contributed by atoms with E-state index in [9.17, 15) is 4.79 Å². The summed E-state index contributed by atoms with van der Waals surface area (Å²) in [5.74, 6) is 0.590. The molecule has 5 nitrogen and oxygen atoms in total. The van der Waals surface area contributed by atoms with Gasteiger partial charge in [0.25, 0.3) is 5.91 Å². The summed E-state index contributed by atoms with van der Waals surface area (Å²) in [7, 11) is 0. The van der Waals surface area contributed by atoms with Crippen molar-refractivity contribution in [2.45, 2.75) is 19.7 Å². The molecule has 3 aromatic rings. The van der Waals surface area contributed by atoms with Crippen molar-refractivity contribution in [3.8, 4) is 5.75 Å². The molecule has 0 spiro atoms. The zero-order valence-corrected chi connectivity index (χ0v) is 16.3. The highest BCUT2D eigenvalue weighted by Gasteiger charge is 2.27. The molecule has 0 saturated heterocycles. The third kappa shape index (κ3) is 3.66. The molecule has 27 heavy (non-hydrogen) atoms. The standard InChI is InChI=1S/C21H18BrN3O2/c1-13-5-4-7-16-19(13)24-20(25-21(16)26)17-11-14(22)8-9-18(17)27-12-15-6-2-3-10-23-15/h2-11,20,24H,12H2,1H3,(H,25,26)/t20-/m0/s1. The first kappa shape index (κ1) is 17.5. The van der Waals surface area contributed by atoms with Gasteiger partial charge in [-0.15, -0.1) is 0 Å². The van der Waals surface area contributed by atoms with Gasteiger partial charge in [0.1, 0.15) is 18.5 Å². The SMILES string of the molecule is Cc1cccc2c1N[C@H](c1cc(Br)ccc1OCc1ccccn1)NC2=O. The lowest BCUT2D eigenvalue weighted by Crippen LogP contribution is -2.39. The number of rotatable bonds is 4. The Morgan fingerprint density at radius 1 is 1.11 bits per heavy atom. The van der Waals surface area contributed by atoms with Crippen molar-refractivity contribution in [2.24, 2.45) is 0 Å². The van der Waals surface area contributed by atoms with E-state index in [-0.39, 0.29) is 12.1 Å². The van der Waals surface area contributed by atoms with Crippen molar-refractivity contribution in [1.29, 1.82) is 0 Å². The quantitative estimate of drug-likeness (QED) is 0.644. The number of carbonyl (C=O) groups excluding carboxylic acids is 1. The smallest absolute Gasteiger partial charge is 0.255 e. The van der Waals surface area contributed by atoms with Crippen molar-refractivity contribution in [3.63, 3.8) is 0 Å². The number of anilines is 1. The fourth-order valence-electron chi connectivity index (χ4n) is 3.10. The second-order valence-electron chi connectivity index (χ2n) is 6.34. The maximum absolute atomic E-state index is 12.6. The lowest BCUT2D eigenvalue weighted by atomic mass is 10.0. The van der Waals surface area contributed by atoms with Gasteiger partial charge in [-0.25, -0.2) is 0 Å². The highest BCUT2D eigenvalue weighted by molar-refractivity contribution is 9.10. The maximum Gasteiger partial charge on any atom is 0.255 e. The summed E-state index contributed by atoms with van der Waals surface area (Å²) in [5.41, 5.74) is 4.22. The van der Waals surface area contributed by atoms with E-state index in [2.05, 4.69) is 31.5 Å². The van der Waals surface area contributed by atoms with Gasteiger partial charge in [0, 0.05) is 16.2 Å². The molecule has 6 heteroatoms. The van der Waals surface area contributed by atoms with Crippen LogP contribution in [-0.2, 0) is 6.61 Å². The molecule has 0 unspecified atom stereocenters. The Hall–Kier alpha value is -2.86. The second-order valence-corrected chi connectivity index (χ2v) is 7.26. The summed E-state index contributed by atoms with van der Waals surface area (Å²) >= 11 is 3.51. The van der Waals surface area contributed by atoms with Gasteiger partial charge in [-0.3, -0.25) is 9.78 Å². The summed E-state index contributed by atoms with van der Waals surface area (Å²) in [6.45, 7) is 2.34. The number of ether oxygens (including phenoxy) is 1. The number of amides is 1. The minimum absolute atomic E-state index is 0.104. The number of nitrogens with zero attached hydrogens (tertiary/aromatic N) is 1. The van der Waals surface area contributed by atoms with Crippen LogP contribution in [0.4, 0.5) is 5.69 Å². The van der Waals surface area contributed by atoms with Crippen molar-refractivity contribution in [3.05, 3.63) is 87.7 Å². The van der Waals surface area contributed by atoms with Gasteiger partial charge in [0.2, 0.25) is 0 Å². The molecule has 0 saturated carbocycles. The van der Waals surface area contributed by atoms with Crippen LogP contribution in [0.5, 0.6) is 5.75 Å². The topological polar surface area (TPSA) is 63.2 Å². The third-order valence-corrected chi connectivity index (χ3v) is 4.96. The van der Waals surface area contributed by atoms with Crippen molar-refractivity contribution in [2.75, 3.05) is 5.32 Å². The highest BCUT2D eigenvalue weighted by Crippen LogP contribution is 2.34. The third-order valence-electron chi connectivity index (χ3n) is 4.47. The number of nitrogens with one attached hydrogen (secondary N) is 2. The summed E-state index contributed by atoms with van der Waals surface area (Å²) in [4.78, 5) is 16.9. The molecule has 2 heterocycles. The average molecular weight is 424 g/mol. The minimum Gasteiger partial charge on any atom is -0.487 e. The number of pyridine rings is 1. The Labute approximate surface area is 165 Å². The summed E-state index contributed by atoms with van der Waals surface area (Å²) in [5, 5.41) is 6.44. The first-order valence-corrected chi connectivity index (χ1v) is 9.40. The van der Waals surface area contributed by atoms with Crippen LogP contribution in [0.25, 0.3) is 0 Å². The fraction of sp³-hybridized carbons (Fsp3) is 0.143. The maximum atomic E-state index is 12.6. The molecular formula is C21H18BrN3O2. The van der Waals surface area contributed by atoms with Crippen LogP contribution >= 0.6 is 15.9 Å². The summed E-state index contributed by atoms with van der Waals surface area (Å²) in [6.07, 6.45) is 1.35. The monoisotopic (exact) mass is 423 g/mol. The van der Waals surface area contributed by atoms with Gasteiger partial charge in [-0.05, 0) is 48.9 Å². The Morgan fingerprint density at radius 2 is 2.00 bits per heavy atom. The van der Waals surface area contributed by atoms with E-state index in [1.165, 1.54) is 0 Å². The molecule has 0 aliphatic carbocycles. The predicted octanol–water partition coefficient (Wildman–Crippen LogP) is 4.59. The van der Waals surface area contributed by atoms with Crippen LogP contribution in [0.15, 0.2) is 65.3 Å². The number of para-hydroxylation sites is 1. The van der Waals surface area contributed by atoms with E-state index in [1.54, 1.807) is 6.20 Å². The molecule has 2 aromatic carbocycles. The molecule has 1 aromatic heterocycles. The highest BCUT2D eigenvalue weighted by atomic mass is 79.9. The minimum atomic E-state index is -0.387. The molecule has 1 atom stereocenters. The van der Waals surface area contributed by atoms with Crippen molar-refractivity contribution < 1.29 is 9.53 Å². The zero-order chi connectivity index (χ0) is 18.8. The number of carbonyl (C=O) groups is 1. The summed E-state index contributed by atoms with van der Waals surface area (Å²) in [6, 6.07) is 17.2. The lowest BCUT2D eigenvalue weighted by molar-refractivity contribution is 0.0935. The van der Waals surface area contributed by atoms with E-state index in [4.69, 9.17) is 4.74 Å². The van der Waals surface area contributed by atoms with E-state index in [1.807, 2.05) is 61.5 Å². The van der Waals surface area contributed by atoms with Crippen LogP contribution in [0.2, 0.25) is 0 Å². The Kier molecular flexibility index (Phi) is 4.81. The number of aromatic nitrogens is 1. The molecular weight excluding hydrogens is 406 g/mol. The Morgan fingerprint density at radius 3 is 2.81 bits per heavy atom. The zero-order valence-electron chi connectivity index (χ0n) is 14.7. The molecule has 1 amide bonds. The molecule has 0 radical (unpaired) electrons. The van der Waals surface area contributed by atoms with Crippen LogP contribution in [0, 0.1) is 6.92 Å². The van der Waals surface area contributed by atoms with E-state index < -0.39 is 0 Å². The number of fused-ring (bicyclic) bond motifs is 1. The van der Waals surface area contributed by atoms with Gasteiger partial charge >= 0.3 is 0 Å². The van der Waals surface area contributed by atoms with Crippen LogP contribution in [0.3, 0.4) is 0 Å².